The minimum atomic E-state index is -3.56. The number of aliphatic hydroxyl groups is 1. The summed E-state index contributed by atoms with van der Waals surface area (Å²) in [5.74, 6) is 0.539. The Hall–Kier alpha value is -1.44. The Morgan fingerprint density at radius 1 is 1.30 bits per heavy atom. The number of benzene rings is 1. The molecule has 1 aromatic rings. The van der Waals surface area contributed by atoms with E-state index >= 15 is 0 Å². The second kappa shape index (κ2) is 6.98. The number of hydrogen-bond acceptors (Lipinski definition) is 5. The van der Waals surface area contributed by atoms with E-state index < -0.39 is 6.29 Å². The Labute approximate surface area is 134 Å². The zero-order chi connectivity index (χ0) is 16.3. The van der Waals surface area contributed by atoms with Gasteiger partial charge in [0.05, 0.1) is 0 Å². The molecule has 0 bridgehead atoms. The fraction of sp³-hybridized carbons (Fsp3) is 0.625. The highest BCUT2D eigenvalue weighted by Gasteiger charge is 2.43. The maximum atomic E-state index is 13.0. The number of rotatable bonds is 6. The summed E-state index contributed by atoms with van der Waals surface area (Å²) in [7, 11) is 0. The Morgan fingerprint density at radius 3 is 2.96 bits per heavy atom. The van der Waals surface area contributed by atoms with Crippen LogP contribution in [0, 0.1) is 5.92 Å². The summed E-state index contributed by atoms with van der Waals surface area (Å²) in [6, 6.07) is 4.83. The van der Waals surface area contributed by atoms with Gasteiger partial charge in [-0.2, -0.15) is 0 Å². The molecular weight excluding hydrogens is 306 g/mol. The fourth-order valence-electron chi connectivity index (χ4n) is 3.08. The molecule has 23 heavy (non-hydrogen) atoms. The highest BCUT2D eigenvalue weighted by Crippen LogP contribution is 2.41. The van der Waals surface area contributed by atoms with Crippen molar-refractivity contribution in [2.24, 2.45) is 5.92 Å². The van der Waals surface area contributed by atoms with Crippen molar-refractivity contribution >= 4 is 0 Å². The first-order valence-electron chi connectivity index (χ1n) is 7.98. The topological polar surface area (TPSA) is 54.0 Å². The van der Waals surface area contributed by atoms with Gasteiger partial charge < -0.3 is 24.8 Å². The van der Waals surface area contributed by atoms with E-state index in [0.29, 0.717) is 12.5 Å². The number of nitrogens with zero attached hydrogens (tertiary/aromatic N) is 1. The van der Waals surface area contributed by atoms with E-state index in [1.165, 1.54) is 6.07 Å². The van der Waals surface area contributed by atoms with E-state index in [2.05, 4.69) is 19.7 Å². The molecule has 2 aliphatic rings. The predicted octanol–water partition coefficient (Wildman–Crippen LogP) is 1.80. The Morgan fingerprint density at radius 2 is 2.13 bits per heavy atom. The largest absolute Gasteiger partial charge is 0.586 e. The van der Waals surface area contributed by atoms with Crippen LogP contribution in [0.2, 0.25) is 0 Å². The molecular formula is C16H22F2N2O3. The molecule has 3 rings (SSSR count). The molecule has 0 saturated carbocycles. The summed E-state index contributed by atoms with van der Waals surface area (Å²) in [6.45, 7) is 4.57. The molecule has 7 heteroatoms. The molecule has 1 atom stereocenters. The van der Waals surface area contributed by atoms with Crippen molar-refractivity contribution in [3.63, 3.8) is 0 Å². The molecule has 1 unspecified atom stereocenters. The van der Waals surface area contributed by atoms with Crippen LogP contribution in [0.4, 0.5) is 8.78 Å². The Kier molecular flexibility index (Phi) is 4.99. The lowest BCUT2D eigenvalue weighted by Crippen LogP contribution is -2.40. The molecule has 0 aromatic heterocycles. The van der Waals surface area contributed by atoms with Crippen molar-refractivity contribution in [1.82, 2.24) is 10.2 Å². The van der Waals surface area contributed by atoms with Crippen LogP contribution in [0.25, 0.3) is 0 Å². The van der Waals surface area contributed by atoms with Crippen molar-refractivity contribution in [2.45, 2.75) is 25.7 Å². The molecule has 128 valence electrons. The van der Waals surface area contributed by atoms with Crippen molar-refractivity contribution in [2.75, 3.05) is 32.8 Å². The standard InChI is InChI=1S/C16H22F2N2O3/c17-16(18)22-14-4-3-12(8-15(14)23-16)9-19-5-7-20-6-1-2-13(10-20)11-21/h3-4,8,13,19,21H,1-2,5-7,9-11H2. The van der Waals surface area contributed by atoms with Crippen LogP contribution in [0.15, 0.2) is 18.2 Å². The van der Waals surface area contributed by atoms with E-state index in [4.69, 9.17) is 0 Å². The first-order valence-corrected chi connectivity index (χ1v) is 7.98. The summed E-state index contributed by atoms with van der Waals surface area (Å²) in [5.41, 5.74) is 0.872. The Balaban J connectivity index is 1.42. The molecule has 0 spiro atoms. The number of aliphatic hydroxyl groups excluding tert-OH is 1. The SMILES string of the molecule is OCC1CCCN(CCNCc2ccc3c(c2)OC(F)(F)O3)C1. The summed E-state index contributed by atoms with van der Waals surface area (Å²) >= 11 is 0. The first kappa shape index (κ1) is 16.4. The number of ether oxygens (including phenoxy) is 2. The average molecular weight is 328 g/mol. The van der Waals surface area contributed by atoms with E-state index in [1.54, 1.807) is 12.1 Å². The lowest BCUT2D eigenvalue weighted by molar-refractivity contribution is -0.286. The van der Waals surface area contributed by atoms with Crippen LogP contribution in [-0.2, 0) is 6.54 Å². The summed E-state index contributed by atoms with van der Waals surface area (Å²) in [5, 5.41) is 12.5. The quantitative estimate of drug-likeness (QED) is 0.780. The van der Waals surface area contributed by atoms with Crippen LogP contribution in [0.3, 0.4) is 0 Å². The van der Waals surface area contributed by atoms with Gasteiger partial charge in [0.25, 0.3) is 0 Å². The molecule has 2 N–H and O–H groups in total. The fourth-order valence-corrected chi connectivity index (χ4v) is 3.08. The molecule has 5 nitrogen and oxygen atoms in total. The van der Waals surface area contributed by atoms with Crippen LogP contribution < -0.4 is 14.8 Å². The van der Waals surface area contributed by atoms with E-state index in [-0.39, 0.29) is 18.1 Å². The summed E-state index contributed by atoms with van der Waals surface area (Å²) in [6.07, 6.45) is -1.34. The number of nitrogens with one attached hydrogen (secondary N) is 1. The first-order chi connectivity index (χ1) is 11.1. The van der Waals surface area contributed by atoms with Gasteiger partial charge in [0.1, 0.15) is 0 Å². The van der Waals surface area contributed by atoms with E-state index in [9.17, 15) is 13.9 Å². The second-order valence-electron chi connectivity index (χ2n) is 6.12. The van der Waals surface area contributed by atoms with Gasteiger partial charge >= 0.3 is 6.29 Å². The smallest absolute Gasteiger partial charge is 0.396 e. The molecule has 0 amide bonds. The number of likely N-dealkylation sites (tertiary alicyclic amines) is 1. The number of hydrogen-bond donors (Lipinski definition) is 2. The molecule has 1 aromatic carbocycles. The molecule has 0 aliphatic carbocycles. The van der Waals surface area contributed by atoms with Gasteiger partial charge in [-0.25, -0.2) is 0 Å². The molecule has 2 aliphatic heterocycles. The third kappa shape index (κ3) is 4.31. The zero-order valence-corrected chi connectivity index (χ0v) is 12.9. The normalized spacial score (nSPS) is 23.2. The maximum Gasteiger partial charge on any atom is 0.586 e. The Bertz CT molecular complexity index is 542. The molecule has 1 fully saturated rings. The number of alkyl halides is 2. The third-order valence-corrected chi connectivity index (χ3v) is 4.26. The summed E-state index contributed by atoms with van der Waals surface area (Å²) < 4.78 is 34.7. The van der Waals surface area contributed by atoms with Gasteiger partial charge in [-0.3, -0.25) is 0 Å². The van der Waals surface area contributed by atoms with Gasteiger partial charge in [-0.1, -0.05) is 6.07 Å². The van der Waals surface area contributed by atoms with Crippen LogP contribution >= 0.6 is 0 Å². The van der Waals surface area contributed by atoms with Gasteiger partial charge in [0.2, 0.25) is 0 Å². The monoisotopic (exact) mass is 328 g/mol. The molecule has 1 saturated heterocycles. The van der Waals surface area contributed by atoms with Crippen molar-refractivity contribution < 1.29 is 23.4 Å². The lowest BCUT2D eigenvalue weighted by Gasteiger charge is -2.31. The molecule has 2 heterocycles. The maximum absolute atomic E-state index is 13.0. The van der Waals surface area contributed by atoms with Gasteiger partial charge in [-0.15, -0.1) is 8.78 Å². The second-order valence-corrected chi connectivity index (χ2v) is 6.12. The molecule has 0 radical (unpaired) electrons. The number of piperidine rings is 1. The minimum Gasteiger partial charge on any atom is -0.396 e. The third-order valence-electron chi connectivity index (χ3n) is 4.26. The number of halogens is 2. The minimum absolute atomic E-state index is 0.0714. The highest BCUT2D eigenvalue weighted by molar-refractivity contribution is 5.45. The average Bonchev–Trinajstić information content (AvgIpc) is 2.85. The number of fused-ring (bicyclic) bond motifs is 1. The zero-order valence-electron chi connectivity index (χ0n) is 12.9. The van der Waals surface area contributed by atoms with Crippen molar-refractivity contribution in [1.29, 1.82) is 0 Å². The van der Waals surface area contributed by atoms with Crippen LogP contribution in [-0.4, -0.2) is 49.1 Å². The van der Waals surface area contributed by atoms with Crippen molar-refractivity contribution in [3.8, 4) is 11.5 Å². The lowest BCUT2D eigenvalue weighted by atomic mass is 9.99. The predicted molar refractivity (Wildman–Crippen MR) is 80.6 cm³/mol. The van der Waals surface area contributed by atoms with Crippen molar-refractivity contribution in [3.05, 3.63) is 23.8 Å². The van der Waals surface area contributed by atoms with E-state index in [0.717, 1.165) is 44.6 Å². The van der Waals surface area contributed by atoms with Gasteiger partial charge in [0, 0.05) is 32.8 Å². The van der Waals surface area contributed by atoms with Crippen LogP contribution in [0.5, 0.6) is 11.5 Å². The van der Waals surface area contributed by atoms with E-state index in [1.807, 2.05) is 0 Å². The van der Waals surface area contributed by atoms with Gasteiger partial charge in [-0.05, 0) is 43.0 Å². The highest BCUT2D eigenvalue weighted by atomic mass is 19.3. The van der Waals surface area contributed by atoms with Crippen LogP contribution in [0.1, 0.15) is 18.4 Å². The van der Waals surface area contributed by atoms with Gasteiger partial charge in [0.15, 0.2) is 11.5 Å². The summed E-state index contributed by atoms with van der Waals surface area (Å²) in [4.78, 5) is 2.34.